The lowest BCUT2D eigenvalue weighted by molar-refractivity contribution is 0.340. The third-order valence-corrected chi connectivity index (χ3v) is 6.06. The summed E-state index contributed by atoms with van der Waals surface area (Å²) < 4.78 is 50.7. The van der Waals surface area contributed by atoms with Gasteiger partial charge in [-0.05, 0) is 68.8 Å². The van der Waals surface area contributed by atoms with E-state index in [0.717, 1.165) is 18.6 Å². The Hall–Kier alpha value is -2.87. The highest BCUT2D eigenvalue weighted by Gasteiger charge is 2.29. The fourth-order valence-corrected chi connectivity index (χ4v) is 3.88. The molecule has 0 spiro atoms. The molecule has 0 aliphatic carbocycles. The number of nitrogens with one attached hydrogen (secondary N) is 1. The van der Waals surface area contributed by atoms with E-state index in [9.17, 15) is 12.8 Å². The lowest BCUT2D eigenvalue weighted by Crippen LogP contribution is -2.15. The van der Waals surface area contributed by atoms with E-state index in [2.05, 4.69) is 10.3 Å². The average molecular weight is 418 g/mol. The molecular weight excluding hydrogens is 395 g/mol. The van der Waals surface area contributed by atoms with E-state index in [0.29, 0.717) is 17.9 Å². The van der Waals surface area contributed by atoms with Crippen molar-refractivity contribution in [2.75, 3.05) is 11.9 Å². The van der Waals surface area contributed by atoms with E-state index in [1.807, 2.05) is 20.8 Å². The van der Waals surface area contributed by atoms with Gasteiger partial charge in [0.1, 0.15) is 11.6 Å². The van der Waals surface area contributed by atoms with Crippen LogP contribution < -0.4 is 10.1 Å². The van der Waals surface area contributed by atoms with Crippen LogP contribution in [0.2, 0.25) is 0 Å². The third-order valence-electron chi connectivity index (χ3n) is 4.38. The maximum absolute atomic E-state index is 13.2. The van der Waals surface area contributed by atoms with Crippen molar-refractivity contribution in [1.82, 2.24) is 4.98 Å². The molecule has 1 heterocycles. The molecule has 154 valence electrons. The smallest absolute Gasteiger partial charge is 0.234 e. The highest BCUT2D eigenvalue weighted by molar-refractivity contribution is 7.91. The molecule has 1 aromatic heterocycles. The molecule has 1 N–H and O–H groups in total. The molecule has 8 heteroatoms. The van der Waals surface area contributed by atoms with Crippen molar-refractivity contribution in [3.63, 3.8) is 0 Å². The maximum Gasteiger partial charge on any atom is 0.234 e. The van der Waals surface area contributed by atoms with Crippen LogP contribution in [0.15, 0.2) is 62.9 Å². The van der Waals surface area contributed by atoms with E-state index in [-0.39, 0.29) is 27.7 Å². The largest absolute Gasteiger partial charge is 0.494 e. The Bertz CT molecular complexity index is 1060. The predicted molar refractivity (Wildman–Crippen MR) is 108 cm³/mol. The molecule has 2 aromatic carbocycles. The Kier molecular flexibility index (Phi) is 6.22. The number of rotatable bonds is 8. The van der Waals surface area contributed by atoms with Gasteiger partial charge in [0.15, 0.2) is 0 Å². The summed E-state index contributed by atoms with van der Waals surface area (Å²) in [5.74, 6) is 0.407. The van der Waals surface area contributed by atoms with Crippen LogP contribution in [0, 0.1) is 5.82 Å². The molecule has 0 aliphatic rings. The third kappa shape index (κ3) is 4.59. The first-order valence-corrected chi connectivity index (χ1v) is 10.8. The Balaban J connectivity index is 2.06. The van der Waals surface area contributed by atoms with E-state index in [1.54, 1.807) is 24.3 Å². The summed E-state index contributed by atoms with van der Waals surface area (Å²) in [6, 6.07) is 11.6. The molecule has 0 amide bonds. The Morgan fingerprint density at radius 3 is 2.34 bits per heavy atom. The number of nitrogens with zero attached hydrogens (tertiary/aromatic N) is 1. The van der Waals surface area contributed by atoms with E-state index in [1.165, 1.54) is 12.1 Å². The summed E-state index contributed by atoms with van der Waals surface area (Å²) in [6.07, 6.45) is 0.759. The van der Waals surface area contributed by atoms with E-state index < -0.39 is 15.7 Å². The molecule has 6 nitrogen and oxygen atoms in total. The quantitative estimate of drug-likeness (QED) is 0.523. The molecule has 0 aliphatic heterocycles. The fourth-order valence-electron chi connectivity index (χ4n) is 2.61. The number of hydrogen-bond acceptors (Lipinski definition) is 6. The second-order valence-electron chi connectivity index (χ2n) is 6.52. The zero-order valence-corrected chi connectivity index (χ0v) is 17.3. The van der Waals surface area contributed by atoms with Gasteiger partial charge in [0.25, 0.3) is 0 Å². The molecule has 0 saturated heterocycles. The van der Waals surface area contributed by atoms with Crippen molar-refractivity contribution in [3.05, 3.63) is 54.3 Å². The van der Waals surface area contributed by atoms with Crippen molar-refractivity contribution in [3.8, 4) is 17.2 Å². The fraction of sp³-hybridized carbons (Fsp3) is 0.286. The molecule has 1 atom stereocenters. The first-order chi connectivity index (χ1) is 13.8. The summed E-state index contributed by atoms with van der Waals surface area (Å²) in [7, 11) is -4.00. The van der Waals surface area contributed by atoms with Crippen molar-refractivity contribution in [2.24, 2.45) is 0 Å². The molecule has 1 unspecified atom stereocenters. The minimum absolute atomic E-state index is 0.0294. The average Bonchev–Trinajstić information content (AvgIpc) is 3.13. The SMILES string of the molecule is CCOc1ccc(-c2nc(S(=O)(=O)c3ccc(F)cc3)c(NC(C)CC)o2)cc1. The Morgan fingerprint density at radius 1 is 1.10 bits per heavy atom. The minimum Gasteiger partial charge on any atom is -0.494 e. The van der Waals surface area contributed by atoms with E-state index in [4.69, 9.17) is 9.15 Å². The van der Waals surface area contributed by atoms with Gasteiger partial charge in [0, 0.05) is 11.6 Å². The van der Waals surface area contributed by atoms with Crippen LogP contribution in [0.4, 0.5) is 10.3 Å². The summed E-state index contributed by atoms with van der Waals surface area (Å²) >= 11 is 0. The van der Waals surface area contributed by atoms with Gasteiger partial charge in [-0.25, -0.2) is 12.8 Å². The number of halogens is 1. The molecular formula is C21H23FN2O4S. The predicted octanol–water partition coefficient (Wildman–Crippen LogP) is 4.92. The molecule has 0 radical (unpaired) electrons. The van der Waals surface area contributed by atoms with E-state index >= 15 is 0 Å². The van der Waals surface area contributed by atoms with Gasteiger partial charge in [0.05, 0.1) is 11.5 Å². The standard InChI is InChI=1S/C21H23FN2O4S/c1-4-14(3)23-20-21(29(25,26)18-12-8-16(22)9-13-18)24-19(28-20)15-6-10-17(11-7-15)27-5-2/h6-14,23H,4-5H2,1-3H3. The number of anilines is 1. The molecule has 0 bridgehead atoms. The van der Waals surface area contributed by atoms with Gasteiger partial charge in [-0.2, -0.15) is 4.98 Å². The van der Waals surface area contributed by atoms with Gasteiger partial charge in [0.2, 0.25) is 26.6 Å². The van der Waals surface area contributed by atoms with Crippen LogP contribution in [-0.2, 0) is 9.84 Å². The van der Waals surface area contributed by atoms with Gasteiger partial charge < -0.3 is 14.5 Å². The molecule has 3 rings (SSSR count). The summed E-state index contributed by atoms with van der Waals surface area (Å²) in [5.41, 5.74) is 0.612. The Morgan fingerprint density at radius 2 is 1.76 bits per heavy atom. The van der Waals surface area contributed by atoms with Gasteiger partial charge in [-0.3, -0.25) is 0 Å². The second kappa shape index (κ2) is 8.65. The first-order valence-electron chi connectivity index (χ1n) is 9.36. The van der Waals surface area contributed by atoms with Crippen LogP contribution in [0.1, 0.15) is 27.2 Å². The molecule has 29 heavy (non-hydrogen) atoms. The number of hydrogen-bond donors (Lipinski definition) is 1. The van der Waals surface area contributed by atoms with Gasteiger partial charge >= 0.3 is 0 Å². The summed E-state index contributed by atoms with van der Waals surface area (Å²) in [6.45, 7) is 6.31. The normalized spacial score (nSPS) is 12.6. The number of sulfone groups is 1. The number of ether oxygens (including phenoxy) is 1. The molecule has 0 fully saturated rings. The first kappa shape index (κ1) is 20.9. The summed E-state index contributed by atoms with van der Waals surface area (Å²) in [5, 5.41) is 2.83. The molecule has 3 aromatic rings. The number of aromatic nitrogens is 1. The van der Waals surface area contributed by atoms with Crippen molar-refractivity contribution in [1.29, 1.82) is 0 Å². The topological polar surface area (TPSA) is 81.4 Å². The van der Waals surface area contributed by atoms with Crippen LogP contribution in [0.25, 0.3) is 11.5 Å². The summed E-state index contributed by atoms with van der Waals surface area (Å²) in [4.78, 5) is 4.20. The lowest BCUT2D eigenvalue weighted by Gasteiger charge is -2.11. The van der Waals surface area contributed by atoms with Crippen LogP contribution in [-0.4, -0.2) is 26.1 Å². The highest BCUT2D eigenvalue weighted by Crippen LogP contribution is 2.33. The zero-order valence-electron chi connectivity index (χ0n) is 16.5. The minimum atomic E-state index is -4.00. The number of oxazole rings is 1. The van der Waals surface area contributed by atoms with Crippen molar-refractivity contribution in [2.45, 2.75) is 43.2 Å². The van der Waals surface area contributed by atoms with Crippen LogP contribution in [0.3, 0.4) is 0 Å². The number of benzene rings is 2. The van der Waals surface area contributed by atoms with Gasteiger partial charge in [-0.15, -0.1) is 0 Å². The monoisotopic (exact) mass is 418 g/mol. The maximum atomic E-state index is 13.2. The van der Waals surface area contributed by atoms with Crippen LogP contribution >= 0.6 is 0 Å². The molecule has 0 saturated carbocycles. The lowest BCUT2D eigenvalue weighted by atomic mass is 10.2. The van der Waals surface area contributed by atoms with Gasteiger partial charge in [-0.1, -0.05) is 6.92 Å². The van der Waals surface area contributed by atoms with Crippen LogP contribution in [0.5, 0.6) is 5.75 Å². The second-order valence-corrected chi connectivity index (χ2v) is 8.39. The zero-order chi connectivity index (χ0) is 21.0. The van der Waals surface area contributed by atoms with Crippen molar-refractivity contribution >= 4 is 15.7 Å². The Labute approximate surface area is 169 Å². The van der Waals surface area contributed by atoms with Crippen molar-refractivity contribution < 1.29 is 22.0 Å². The highest BCUT2D eigenvalue weighted by atomic mass is 32.2.